The summed E-state index contributed by atoms with van der Waals surface area (Å²) < 4.78 is 19.0. The van der Waals surface area contributed by atoms with E-state index in [0.717, 1.165) is 18.5 Å². The second-order valence-corrected chi connectivity index (χ2v) is 3.84. The SMILES string of the molecule is CCc1c(N)ncnc1Oc1c(F)cccc1[N+](=O)[O-]. The van der Waals surface area contributed by atoms with E-state index >= 15 is 0 Å². The molecule has 0 aliphatic carbocycles. The molecule has 1 heterocycles. The number of hydrogen-bond donors (Lipinski definition) is 1. The lowest BCUT2D eigenvalue weighted by atomic mass is 10.2. The first kappa shape index (κ1) is 13.7. The highest BCUT2D eigenvalue weighted by Crippen LogP contribution is 2.35. The summed E-state index contributed by atoms with van der Waals surface area (Å²) in [6, 6.07) is 3.45. The van der Waals surface area contributed by atoms with Crippen molar-refractivity contribution in [1.29, 1.82) is 0 Å². The number of nitro benzene ring substituents is 1. The van der Waals surface area contributed by atoms with Crippen molar-refractivity contribution < 1.29 is 14.1 Å². The van der Waals surface area contributed by atoms with Crippen molar-refractivity contribution in [1.82, 2.24) is 9.97 Å². The maximum absolute atomic E-state index is 13.7. The summed E-state index contributed by atoms with van der Waals surface area (Å²) in [4.78, 5) is 17.8. The zero-order valence-corrected chi connectivity index (χ0v) is 10.5. The normalized spacial score (nSPS) is 10.3. The minimum absolute atomic E-state index is 0.00759. The van der Waals surface area contributed by atoms with Crippen molar-refractivity contribution >= 4 is 11.5 Å². The van der Waals surface area contributed by atoms with Gasteiger partial charge in [0.25, 0.3) is 0 Å². The molecule has 104 valence electrons. The van der Waals surface area contributed by atoms with Gasteiger partial charge in [0, 0.05) is 6.07 Å². The van der Waals surface area contributed by atoms with Gasteiger partial charge >= 0.3 is 5.69 Å². The fourth-order valence-electron chi connectivity index (χ4n) is 1.67. The van der Waals surface area contributed by atoms with E-state index in [0.29, 0.717) is 12.0 Å². The molecule has 0 atom stereocenters. The Morgan fingerprint density at radius 2 is 2.20 bits per heavy atom. The highest BCUT2D eigenvalue weighted by molar-refractivity contribution is 5.51. The van der Waals surface area contributed by atoms with Crippen LogP contribution in [0.25, 0.3) is 0 Å². The molecular formula is C12H11FN4O3. The van der Waals surface area contributed by atoms with E-state index < -0.39 is 22.2 Å². The van der Waals surface area contributed by atoms with Crippen LogP contribution in [0, 0.1) is 15.9 Å². The van der Waals surface area contributed by atoms with Crippen LogP contribution in [0.3, 0.4) is 0 Å². The number of rotatable bonds is 4. The lowest BCUT2D eigenvalue weighted by Crippen LogP contribution is -2.03. The smallest absolute Gasteiger partial charge is 0.314 e. The summed E-state index contributed by atoms with van der Waals surface area (Å²) >= 11 is 0. The van der Waals surface area contributed by atoms with Crippen LogP contribution in [0.5, 0.6) is 11.6 Å². The van der Waals surface area contributed by atoms with Crippen molar-refractivity contribution in [2.45, 2.75) is 13.3 Å². The molecule has 0 unspecified atom stereocenters. The van der Waals surface area contributed by atoms with E-state index in [-0.39, 0.29) is 11.7 Å². The second-order valence-electron chi connectivity index (χ2n) is 3.84. The summed E-state index contributed by atoms with van der Waals surface area (Å²) in [5.41, 5.74) is 5.64. The van der Waals surface area contributed by atoms with Gasteiger partial charge in [-0.1, -0.05) is 13.0 Å². The van der Waals surface area contributed by atoms with E-state index in [4.69, 9.17) is 10.5 Å². The van der Waals surface area contributed by atoms with Crippen molar-refractivity contribution in [2.75, 3.05) is 5.73 Å². The van der Waals surface area contributed by atoms with Gasteiger partial charge in [-0.3, -0.25) is 10.1 Å². The molecule has 2 aromatic rings. The van der Waals surface area contributed by atoms with E-state index in [1.165, 1.54) is 6.07 Å². The van der Waals surface area contributed by atoms with Crippen LogP contribution in [-0.4, -0.2) is 14.9 Å². The van der Waals surface area contributed by atoms with Crippen LogP contribution in [0.4, 0.5) is 15.9 Å². The Hall–Kier alpha value is -2.77. The number of hydrogen-bond acceptors (Lipinski definition) is 6. The molecule has 0 bridgehead atoms. The molecule has 0 aliphatic heterocycles. The third-order valence-electron chi connectivity index (χ3n) is 2.63. The van der Waals surface area contributed by atoms with E-state index in [1.807, 2.05) is 0 Å². The molecule has 0 spiro atoms. The zero-order chi connectivity index (χ0) is 14.7. The average molecular weight is 278 g/mol. The summed E-state index contributed by atoms with van der Waals surface area (Å²) in [5.74, 6) is -1.14. The number of nitro groups is 1. The van der Waals surface area contributed by atoms with Crippen LogP contribution in [0.15, 0.2) is 24.5 Å². The standard InChI is InChI=1S/C12H11FN4O3/c1-2-7-11(14)15-6-16-12(7)20-10-8(13)4-3-5-9(10)17(18)19/h3-6H,2H2,1H3,(H2,14,15,16). The van der Waals surface area contributed by atoms with Crippen LogP contribution < -0.4 is 10.5 Å². The molecule has 0 saturated heterocycles. The average Bonchev–Trinajstić information content (AvgIpc) is 2.41. The number of nitrogen functional groups attached to an aromatic ring is 1. The van der Waals surface area contributed by atoms with E-state index in [9.17, 15) is 14.5 Å². The summed E-state index contributed by atoms with van der Waals surface area (Å²) in [6.07, 6.45) is 1.60. The minimum Gasteiger partial charge on any atom is -0.428 e. The molecule has 2 N–H and O–H groups in total. The van der Waals surface area contributed by atoms with Crippen molar-refractivity contribution in [3.63, 3.8) is 0 Å². The molecule has 0 radical (unpaired) electrons. The first-order valence-electron chi connectivity index (χ1n) is 5.74. The largest absolute Gasteiger partial charge is 0.428 e. The van der Waals surface area contributed by atoms with Gasteiger partial charge in [-0.2, -0.15) is 0 Å². The molecule has 2 rings (SSSR count). The van der Waals surface area contributed by atoms with Gasteiger partial charge in [0.1, 0.15) is 12.1 Å². The Kier molecular flexibility index (Phi) is 3.74. The first-order chi connectivity index (χ1) is 9.54. The molecule has 0 amide bonds. The van der Waals surface area contributed by atoms with Crippen LogP contribution in [-0.2, 0) is 6.42 Å². The number of halogens is 1. The highest BCUT2D eigenvalue weighted by atomic mass is 19.1. The summed E-state index contributed by atoms with van der Waals surface area (Å²) in [7, 11) is 0. The molecule has 20 heavy (non-hydrogen) atoms. The molecule has 1 aromatic heterocycles. The Bertz CT molecular complexity index is 663. The number of nitrogens with two attached hydrogens (primary N) is 1. The highest BCUT2D eigenvalue weighted by Gasteiger charge is 2.22. The van der Waals surface area contributed by atoms with Crippen molar-refractivity contribution in [3.8, 4) is 11.6 Å². The predicted octanol–water partition coefficient (Wildman–Crippen LogP) is 2.46. The van der Waals surface area contributed by atoms with Crippen LogP contribution in [0.2, 0.25) is 0 Å². The number of nitrogens with zero attached hydrogens (tertiary/aromatic N) is 3. The maximum Gasteiger partial charge on any atom is 0.314 e. The fraction of sp³-hybridized carbons (Fsp3) is 0.167. The second kappa shape index (κ2) is 5.47. The summed E-state index contributed by atoms with van der Waals surface area (Å²) in [6.45, 7) is 1.79. The van der Waals surface area contributed by atoms with Crippen LogP contribution >= 0.6 is 0 Å². The van der Waals surface area contributed by atoms with Gasteiger partial charge in [-0.15, -0.1) is 0 Å². The van der Waals surface area contributed by atoms with Gasteiger partial charge in [0.2, 0.25) is 11.6 Å². The Labute approximate surface area is 113 Å². The molecule has 0 aliphatic rings. The quantitative estimate of drug-likeness (QED) is 0.680. The number of benzene rings is 1. The monoisotopic (exact) mass is 278 g/mol. The van der Waals surface area contributed by atoms with Crippen molar-refractivity contribution in [3.05, 3.63) is 46.0 Å². The lowest BCUT2D eigenvalue weighted by Gasteiger charge is -2.10. The molecule has 1 aromatic carbocycles. The van der Waals surface area contributed by atoms with Gasteiger partial charge in [0.15, 0.2) is 5.82 Å². The number of anilines is 1. The Morgan fingerprint density at radius 1 is 1.45 bits per heavy atom. The van der Waals surface area contributed by atoms with Gasteiger partial charge < -0.3 is 10.5 Å². The summed E-state index contributed by atoms with van der Waals surface area (Å²) in [5, 5.41) is 10.9. The van der Waals surface area contributed by atoms with Crippen molar-refractivity contribution in [2.24, 2.45) is 0 Å². The Balaban J connectivity index is 2.50. The minimum atomic E-state index is -0.849. The Morgan fingerprint density at radius 3 is 2.85 bits per heavy atom. The lowest BCUT2D eigenvalue weighted by molar-refractivity contribution is -0.385. The molecule has 0 fully saturated rings. The molecule has 0 saturated carbocycles. The van der Waals surface area contributed by atoms with Gasteiger partial charge in [0.05, 0.1) is 10.5 Å². The third-order valence-corrected chi connectivity index (χ3v) is 2.63. The molecule has 7 nitrogen and oxygen atoms in total. The molecule has 8 heteroatoms. The third kappa shape index (κ3) is 2.48. The van der Waals surface area contributed by atoms with Gasteiger partial charge in [-0.05, 0) is 12.5 Å². The van der Waals surface area contributed by atoms with E-state index in [2.05, 4.69) is 9.97 Å². The maximum atomic E-state index is 13.7. The zero-order valence-electron chi connectivity index (χ0n) is 10.5. The fourth-order valence-corrected chi connectivity index (χ4v) is 1.67. The number of aromatic nitrogens is 2. The number of para-hydroxylation sites is 1. The predicted molar refractivity (Wildman–Crippen MR) is 69.0 cm³/mol. The van der Waals surface area contributed by atoms with Crippen LogP contribution in [0.1, 0.15) is 12.5 Å². The van der Waals surface area contributed by atoms with Gasteiger partial charge in [-0.25, -0.2) is 14.4 Å². The van der Waals surface area contributed by atoms with E-state index in [1.54, 1.807) is 6.92 Å². The molecular weight excluding hydrogens is 267 g/mol. The number of ether oxygens (including phenoxy) is 1. The first-order valence-corrected chi connectivity index (χ1v) is 5.74. The topological polar surface area (TPSA) is 104 Å².